The molecule has 1 N–H and O–H groups in total. The number of amides is 1. The van der Waals surface area contributed by atoms with Crippen LogP contribution in [0.3, 0.4) is 0 Å². The van der Waals surface area contributed by atoms with Gasteiger partial charge in [0.05, 0.1) is 11.6 Å². The maximum atomic E-state index is 12.4. The Balaban J connectivity index is 1.65. The van der Waals surface area contributed by atoms with E-state index in [1.807, 2.05) is 66.9 Å². The molecule has 0 aliphatic rings. The van der Waals surface area contributed by atoms with E-state index in [2.05, 4.69) is 5.32 Å². The zero-order chi connectivity index (χ0) is 18.4. The molecule has 0 radical (unpaired) electrons. The third kappa shape index (κ3) is 4.37. The number of rotatable bonds is 6. The fourth-order valence-corrected chi connectivity index (χ4v) is 3.44. The largest absolute Gasteiger partial charge is 0.452 e. The van der Waals surface area contributed by atoms with Crippen molar-refractivity contribution >= 4 is 23.2 Å². The van der Waals surface area contributed by atoms with Crippen LogP contribution in [0.1, 0.15) is 32.4 Å². The van der Waals surface area contributed by atoms with Crippen molar-refractivity contribution in [2.24, 2.45) is 0 Å². The molecule has 0 saturated heterocycles. The zero-order valence-corrected chi connectivity index (χ0v) is 15.2. The minimum Gasteiger partial charge on any atom is -0.452 e. The number of nitrogens with one attached hydrogen (secondary N) is 1. The summed E-state index contributed by atoms with van der Waals surface area (Å²) in [4.78, 5) is 25.5. The standard InChI is InChI=1S/C21H19NO3S/c1-15-8-5-6-11-17(15)21(24)25-14-19(23)22-20(18-12-7-13-26-18)16-9-3-2-4-10-16/h2-13,20H,14H2,1H3,(H,22,23)/t20-/m1/s1. The molecule has 1 heterocycles. The highest BCUT2D eigenvalue weighted by Gasteiger charge is 2.19. The van der Waals surface area contributed by atoms with Crippen molar-refractivity contribution in [2.45, 2.75) is 13.0 Å². The van der Waals surface area contributed by atoms with Crippen LogP contribution in [-0.2, 0) is 9.53 Å². The summed E-state index contributed by atoms with van der Waals surface area (Å²) in [6.45, 7) is 1.51. The van der Waals surface area contributed by atoms with Crippen LogP contribution in [0.4, 0.5) is 0 Å². The summed E-state index contributed by atoms with van der Waals surface area (Å²) in [5.74, 6) is -0.833. The third-order valence-electron chi connectivity index (χ3n) is 3.97. The Labute approximate surface area is 156 Å². The van der Waals surface area contributed by atoms with Gasteiger partial charge < -0.3 is 10.1 Å². The quantitative estimate of drug-likeness (QED) is 0.669. The number of ether oxygens (including phenoxy) is 1. The molecule has 5 heteroatoms. The van der Waals surface area contributed by atoms with E-state index in [4.69, 9.17) is 4.74 Å². The van der Waals surface area contributed by atoms with Crippen molar-refractivity contribution < 1.29 is 14.3 Å². The van der Waals surface area contributed by atoms with Crippen LogP contribution in [0.5, 0.6) is 0 Å². The van der Waals surface area contributed by atoms with E-state index in [1.54, 1.807) is 23.5 Å². The van der Waals surface area contributed by atoms with Crippen molar-refractivity contribution in [1.29, 1.82) is 0 Å². The van der Waals surface area contributed by atoms with Crippen LogP contribution >= 0.6 is 11.3 Å². The van der Waals surface area contributed by atoms with Crippen molar-refractivity contribution in [1.82, 2.24) is 5.32 Å². The summed E-state index contributed by atoms with van der Waals surface area (Å²) >= 11 is 1.57. The number of hydrogen-bond donors (Lipinski definition) is 1. The van der Waals surface area contributed by atoms with Gasteiger partial charge >= 0.3 is 5.97 Å². The summed E-state index contributed by atoms with van der Waals surface area (Å²) in [7, 11) is 0. The molecule has 0 saturated carbocycles. The molecule has 0 aliphatic carbocycles. The number of thiophene rings is 1. The monoisotopic (exact) mass is 365 g/mol. The average molecular weight is 365 g/mol. The van der Waals surface area contributed by atoms with Gasteiger partial charge in [0.2, 0.25) is 0 Å². The highest BCUT2D eigenvalue weighted by atomic mass is 32.1. The second kappa shape index (κ2) is 8.45. The van der Waals surface area contributed by atoms with Gasteiger partial charge in [0.1, 0.15) is 0 Å². The Morgan fingerprint density at radius 2 is 1.73 bits per heavy atom. The first-order valence-electron chi connectivity index (χ1n) is 8.25. The van der Waals surface area contributed by atoms with Crippen LogP contribution < -0.4 is 5.32 Å². The van der Waals surface area contributed by atoms with Crippen LogP contribution in [0, 0.1) is 6.92 Å². The molecule has 26 heavy (non-hydrogen) atoms. The molecule has 1 amide bonds. The molecule has 4 nitrogen and oxygen atoms in total. The van der Waals surface area contributed by atoms with Crippen molar-refractivity contribution in [3.63, 3.8) is 0 Å². The van der Waals surface area contributed by atoms with E-state index in [9.17, 15) is 9.59 Å². The Bertz CT molecular complexity index is 875. The SMILES string of the molecule is Cc1ccccc1C(=O)OCC(=O)N[C@H](c1ccccc1)c1cccs1. The number of hydrogen-bond acceptors (Lipinski definition) is 4. The van der Waals surface area contributed by atoms with Gasteiger partial charge in [-0.05, 0) is 35.6 Å². The van der Waals surface area contributed by atoms with E-state index < -0.39 is 5.97 Å². The van der Waals surface area contributed by atoms with Gasteiger partial charge in [0, 0.05) is 4.88 Å². The van der Waals surface area contributed by atoms with Gasteiger partial charge in [-0.25, -0.2) is 4.79 Å². The summed E-state index contributed by atoms with van der Waals surface area (Å²) in [5.41, 5.74) is 2.27. The first-order chi connectivity index (χ1) is 12.6. The highest BCUT2D eigenvalue weighted by Crippen LogP contribution is 2.25. The molecule has 0 spiro atoms. The number of esters is 1. The van der Waals surface area contributed by atoms with Crippen LogP contribution in [-0.4, -0.2) is 18.5 Å². The lowest BCUT2D eigenvalue weighted by molar-refractivity contribution is -0.124. The minimum atomic E-state index is -0.495. The Morgan fingerprint density at radius 1 is 1.00 bits per heavy atom. The molecule has 0 bridgehead atoms. The van der Waals surface area contributed by atoms with Gasteiger partial charge in [0.15, 0.2) is 6.61 Å². The Morgan fingerprint density at radius 3 is 2.42 bits per heavy atom. The fraction of sp³-hybridized carbons (Fsp3) is 0.143. The highest BCUT2D eigenvalue weighted by molar-refractivity contribution is 7.10. The van der Waals surface area contributed by atoms with Gasteiger partial charge in [-0.1, -0.05) is 54.6 Å². The van der Waals surface area contributed by atoms with Crippen LogP contribution in [0.15, 0.2) is 72.1 Å². The Hall–Kier alpha value is -2.92. The summed E-state index contributed by atoms with van der Waals surface area (Å²) < 4.78 is 5.18. The molecule has 132 valence electrons. The lowest BCUT2D eigenvalue weighted by Gasteiger charge is -2.18. The van der Waals surface area contributed by atoms with E-state index in [-0.39, 0.29) is 18.6 Å². The predicted molar refractivity (Wildman–Crippen MR) is 102 cm³/mol. The van der Waals surface area contributed by atoms with E-state index in [1.165, 1.54) is 0 Å². The van der Waals surface area contributed by atoms with Crippen LogP contribution in [0.2, 0.25) is 0 Å². The topological polar surface area (TPSA) is 55.4 Å². The molecule has 1 atom stereocenters. The maximum absolute atomic E-state index is 12.4. The minimum absolute atomic E-state index is 0.263. The second-order valence-corrected chi connectivity index (χ2v) is 6.80. The van der Waals surface area contributed by atoms with E-state index in [0.717, 1.165) is 16.0 Å². The molecule has 1 aromatic heterocycles. The third-order valence-corrected chi connectivity index (χ3v) is 4.90. The summed E-state index contributed by atoms with van der Waals surface area (Å²) in [5, 5.41) is 4.92. The molecule has 2 aromatic carbocycles. The van der Waals surface area contributed by atoms with Crippen molar-refractivity contribution in [3.05, 3.63) is 93.7 Å². The predicted octanol–water partition coefficient (Wildman–Crippen LogP) is 4.12. The molecule has 3 aromatic rings. The van der Waals surface area contributed by atoms with Gasteiger partial charge in [-0.3, -0.25) is 4.79 Å². The number of carbonyl (C=O) groups is 2. The molecule has 0 unspecified atom stereocenters. The lowest BCUT2D eigenvalue weighted by Crippen LogP contribution is -2.32. The molecular formula is C21H19NO3S. The number of carbonyl (C=O) groups excluding carboxylic acids is 2. The van der Waals surface area contributed by atoms with E-state index in [0.29, 0.717) is 5.56 Å². The first-order valence-corrected chi connectivity index (χ1v) is 9.13. The van der Waals surface area contributed by atoms with E-state index >= 15 is 0 Å². The van der Waals surface area contributed by atoms with Gasteiger partial charge in [0.25, 0.3) is 5.91 Å². The molecule has 0 fully saturated rings. The lowest BCUT2D eigenvalue weighted by atomic mass is 10.1. The summed E-state index contributed by atoms with van der Waals surface area (Å²) in [6, 6.07) is 20.5. The van der Waals surface area contributed by atoms with Gasteiger partial charge in [-0.15, -0.1) is 11.3 Å². The number of benzene rings is 2. The molecular weight excluding hydrogens is 346 g/mol. The normalized spacial score (nSPS) is 11.6. The maximum Gasteiger partial charge on any atom is 0.338 e. The smallest absolute Gasteiger partial charge is 0.338 e. The molecule has 3 rings (SSSR count). The average Bonchev–Trinajstić information content (AvgIpc) is 3.19. The first kappa shape index (κ1) is 17.9. The fourth-order valence-electron chi connectivity index (χ4n) is 2.63. The molecule has 0 aliphatic heterocycles. The zero-order valence-electron chi connectivity index (χ0n) is 14.3. The summed E-state index contributed by atoms with van der Waals surface area (Å²) in [6.07, 6.45) is 0. The van der Waals surface area contributed by atoms with Crippen LogP contribution in [0.25, 0.3) is 0 Å². The Kier molecular flexibility index (Phi) is 5.81. The van der Waals surface area contributed by atoms with Crippen molar-refractivity contribution in [3.8, 4) is 0 Å². The van der Waals surface area contributed by atoms with Crippen molar-refractivity contribution in [2.75, 3.05) is 6.61 Å². The second-order valence-electron chi connectivity index (χ2n) is 5.82. The van der Waals surface area contributed by atoms with Gasteiger partial charge in [-0.2, -0.15) is 0 Å². The number of aryl methyl sites for hydroxylation is 1.